The lowest BCUT2D eigenvalue weighted by Crippen LogP contribution is -2.27. The van der Waals surface area contributed by atoms with E-state index in [-0.39, 0.29) is 0 Å². The summed E-state index contributed by atoms with van der Waals surface area (Å²) in [6, 6.07) is 18.0. The number of benzene rings is 2. The first kappa shape index (κ1) is 14.6. The van der Waals surface area contributed by atoms with Gasteiger partial charge in [-0.25, -0.2) is 0 Å². The van der Waals surface area contributed by atoms with Crippen molar-refractivity contribution >= 4 is 17.1 Å². The largest absolute Gasteiger partial charge is 0.398 e. The van der Waals surface area contributed by atoms with Crippen LogP contribution in [0.15, 0.2) is 48.5 Å². The highest BCUT2D eigenvalue weighted by atomic mass is 15.2. The summed E-state index contributed by atoms with van der Waals surface area (Å²) in [4.78, 5) is 2.49. The van der Waals surface area contributed by atoms with Gasteiger partial charge in [0.2, 0.25) is 0 Å². The van der Waals surface area contributed by atoms with Crippen LogP contribution < -0.4 is 16.0 Å². The van der Waals surface area contributed by atoms with E-state index in [1.165, 1.54) is 42.6 Å². The molecule has 2 aromatic carbocycles. The molecule has 0 amide bonds. The van der Waals surface area contributed by atoms with Gasteiger partial charge in [0.05, 0.1) is 0 Å². The van der Waals surface area contributed by atoms with Crippen molar-refractivity contribution in [2.75, 3.05) is 23.7 Å². The molecule has 0 unspecified atom stereocenters. The van der Waals surface area contributed by atoms with Crippen LogP contribution in [0.5, 0.6) is 0 Å². The van der Waals surface area contributed by atoms with E-state index in [0.717, 1.165) is 18.8 Å². The molecule has 0 aromatic heterocycles. The average Bonchev–Trinajstić information content (AvgIpc) is 3.43. The lowest BCUT2D eigenvalue weighted by atomic mass is 9.88. The molecule has 2 aromatic rings. The summed E-state index contributed by atoms with van der Waals surface area (Å²) in [6.45, 7) is 2.19. The SMILES string of the molecule is Nc1ccc(N(c2ccccc2)C2CC2)cc1C1CCNCC1. The fourth-order valence-corrected chi connectivity index (χ4v) is 3.69. The van der Waals surface area contributed by atoms with E-state index >= 15 is 0 Å². The van der Waals surface area contributed by atoms with Crippen molar-refractivity contribution in [3.63, 3.8) is 0 Å². The minimum atomic E-state index is 0.591. The number of nitrogens with zero attached hydrogens (tertiary/aromatic N) is 1. The third-order valence-electron chi connectivity index (χ3n) is 5.07. The van der Waals surface area contributed by atoms with Gasteiger partial charge in [0.15, 0.2) is 0 Å². The molecule has 3 nitrogen and oxygen atoms in total. The molecule has 1 heterocycles. The number of anilines is 3. The van der Waals surface area contributed by atoms with Crippen LogP contribution in [0, 0.1) is 0 Å². The molecule has 1 saturated heterocycles. The van der Waals surface area contributed by atoms with Crippen LogP contribution in [0.25, 0.3) is 0 Å². The maximum atomic E-state index is 6.31. The lowest BCUT2D eigenvalue weighted by Gasteiger charge is -2.29. The van der Waals surface area contributed by atoms with Gasteiger partial charge in [0.25, 0.3) is 0 Å². The van der Waals surface area contributed by atoms with Crippen molar-refractivity contribution in [3.8, 4) is 0 Å². The Morgan fingerprint density at radius 3 is 2.30 bits per heavy atom. The second kappa shape index (κ2) is 6.25. The number of nitrogens with one attached hydrogen (secondary N) is 1. The van der Waals surface area contributed by atoms with E-state index in [9.17, 15) is 0 Å². The van der Waals surface area contributed by atoms with E-state index in [2.05, 4.69) is 58.7 Å². The fourth-order valence-electron chi connectivity index (χ4n) is 3.69. The Balaban J connectivity index is 1.69. The number of para-hydroxylation sites is 1. The van der Waals surface area contributed by atoms with Gasteiger partial charge in [-0.05, 0) is 80.6 Å². The molecular formula is C20H25N3. The Labute approximate surface area is 138 Å². The lowest BCUT2D eigenvalue weighted by molar-refractivity contribution is 0.461. The molecule has 3 heteroatoms. The van der Waals surface area contributed by atoms with Crippen LogP contribution in [-0.2, 0) is 0 Å². The molecule has 2 aliphatic rings. The van der Waals surface area contributed by atoms with Crippen LogP contribution in [0.3, 0.4) is 0 Å². The predicted molar refractivity (Wildman–Crippen MR) is 97.3 cm³/mol. The van der Waals surface area contributed by atoms with Gasteiger partial charge in [0.1, 0.15) is 0 Å². The molecule has 4 rings (SSSR count). The number of piperidine rings is 1. The van der Waals surface area contributed by atoms with Gasteiger partial charge in [-0.15, -0.1) is 0 Å². The van der Waals surface area contributed by atoms with Crippen LogP contribution in [0.4, 0.5) is 17.1 Å². The van der Waals surface area contributed by atoms with Crippen molar-refractivity contribution in [1.29, 1.82) is 0 Å². The number of rotatable bonds is 4. The molecule has 1 aliphatic carbocycles. The fraction of sp³-hybridized carbons (Fsp3) is 0.400. The standard InChI is InChI=1S/C20H25N3/c21-20-9-8-18(14-19(20)15-10-12-22-13-11-15)23(17-6-7-17)16-4-2-1-3-5-16/h1-5,8-9,14-15,17,22H,6-7,10-13,21H2. The maximum Gasteiger partial charge on any atom is 0.0417 e. The Morgan fingerprint density at radius 2 is 1.61 bits per heavy atom. The molecule has 3 N–H and O–H groups in total. The van der Waals surface area contributed by atoms with Crippen LogP contribution in [0.1, 0.15) is 37.2 Å². The van der Waals surface area contributed by atoms with E-state index in [1.54, 1.807) is 0 Å². The zero-order valence-electron chi connectivity index (χ0n) is 13.5. The maximum absolute atomic E-state index is 6.31. The van der Waals surface area contributed by atoms with Gasteiger partial charge in [-0.2, -0.15) is 0 Å². The minimum Gasteiger partial charge on any atom is -0.398 e. The van der Waals surface area contributed by atoms with Crippen LogP contribution >= 0.6 is 0 Å². The van der Waals surface area contributed by atoms with E-state index in [0.29, 0.717) is 12.0 Å². The first-order chi connectivity index (χ1) is 11.3. The Hall–Kier alpha value is -2.00. The van der Waals surface area contributed by atoms with Gasteiger partial charge in [-0.3, -0.25) is 0 Å². The highest BCUT2D eigenvalue weighted by molar-refractivity contribution is 5.69. The summed E-state index contributed by atoms with van der Waals surface area (Å²) in [5, 5.41) is 3.44. The number of nitrogen functional groups attached to an aromatic ring is 1. The topological polar surface area (TPSA) is 41.3 Å². The summed E-state index contributed by atoms with van der Waals surface area (Å²) in [7, 11) is 0. The van der Waals surface area contributed by atoms with Crippen molar-refractivity contribution in [3.05, 3.63) is 54.1 Å². The molecule has 0 radical (unpaired) electrons. The zero-order chi connectivity index (χ0) is 15.6. The molecule has 1 saturated carbocycles. The summed E-state index contributed by atoms with van der Waals surface area (Å²) >= 11 is 0. The van der Waals surface area contributed by atoms with E-state index < -0.39 is 0 Å². The van der Waals surface area contributed by atoms with Crippen molar-refractivity contribution in [2.24, 2.45) is 0 Å². The van der Waals surface area contributed by atoms with E-state index in [1.807, 2.05) is 0 Å². The van der Waals surface area contributed by atoms with Crippen molar-refractivity contribution < 1.29 is 0 Å². The second-order valence-electron chi connectivity index (χ2n) is 6.77. The van der Waals surface area contributed by atoms with Crippen molar-refractivity contribution in [2.45, 2.75) is 37.6 Å². The van der Waals surface area contributed by atoms with Gasteiger partial charge in [-0.1, -0.05) is 18.2 Å². The Kier molecular flexibility index (Phi) is 3.96. The van der Waals surface area contributed by atoms with Crippen LogP contribution in [-0.4, -0.2) is 19.1 Å². The minimum absolute atomic E-state index is 0.591. The number of hydrogen-bond acceptors (Lipinski definition) is 3. The third-order valence-corrected chi connectivity index (χ3v) is 5.07. The number of nitrogens with two attached hydrogens (primary N) is 1. The monoisotopic (exact) mass is 307 g/mol. The molecule has 0 bridgehead atoms. The average molecular weight is 307 g/mol. The normalized spacial score (nSPS) is 18.8. The first-order valence-corrected chi connectivity index (χ1v) is 8.77. The highest BCUT2D eigenvalue weighted by Gasteiger charge is 2.31. The van der Waals surface area contributed by atoms with Gasteiger partial charge < -0.3 is 16.0 Å². The molecule has 1 aliphatic heterocycles. The smallest absolute Gasteiger partial charge is 0.0417 e. The summed E-state index contributed by atoms with van der Waals surface area (Å²) < 4.78 is 0. The quantitative estimate of drug-likeness (QED) is 0.838. The predicted octanol–water partition coefficient (Wildman–Crippen LogP) is 4.04. The molecule has 120 valence electrons. The molecule has 0 atom stereocenters. The van der Waals surface area contributed by atoms with Crippen LogP contribution in [0.2, 0.25) is 0 Å². The second-order valence-corrected chi connectivity index (χ2v) is 6.77. The summed E-state index contributed by atoms with van der Waals surface area (Å²) in [5.41, 5.74) is 11.2. The van der Waals surface area contributed by atoms with E-state index in [4.69, 9.17) is 5.73 Å². The Bertz CT molecular complexity index is 658. The number of hydrogen-bond donors (Lipinski definition) is 2. The summed E-state index contributed by atoms with van der Waals surface area (Å²) in [6.07, 6.45) is 4.93. The van der Waals surface area contributed by atoms with Crippen molar-refractivity contribution in [1.82, 2.24) is 5.32 Å². The molecule has 2 fully saturated rings. The van der Waals surface area contributed by atoms with Gasteiger partial charge >= 0.3 is 0 Å². The molecular weight excluding hydrogens is 282 g/mol. The molecule has 0 spiro atoms. The molecule has 23 heavy (non-hydrogen) atoms. The first-order valence-electron chi connectivity index (χ1n) is 8.77. The highest BCUT2D eigenvalue weighted by Crippen LogP contribution is 2.40. The third kappa shape index (κ3) is 3.06. The summed E-state index contributed by atoms with van der Waals surface area (Å²) in [5.74, 6) is 0.591. The zero-order valence-corrected chi connectivity index (χ0v) is 13.5. The van der Waals surface area contributed by atoms with Gasteiger partial charge in [0, 0.05) is 23.1 Å². The Morgan fingerprint density at radius 1 is 0.870 bits per heavy atom.